The van der Waals surface area contributed by atoms with E-state index in [1.54, 1.807) is 12.0 Å². The number of carbonyl (C=O) groups excluding carboxylic acids is 2. The Labute approximate surface area is 178 Å². The number of hydrogen-bond acceptors (Lipinski definition) is 3. The molecule has 0 saturated carbocycles. The van der Waals surface area contributed by atoms with Crippen molar-refractivity contribution in [1.29, 1.82) is 0 Å². The Morgan fingerprint density at radius 1 is 1.13 bits per heavy atom. The molecule has 0 spiro atoms. The summed E-state index contributed by atoms with van der Waals surface area (Å²) in [5.74, 6) is 0.368. The normalized spacial score (nSPS) is 19.3. The van der Waals surface area contributed by atoms with E-state index < -0.39 is 0 Å². The molecule has 1 N–H and O–H groups in total. The van der Waals surface area contributed by atoms with E-state index in [4.69, 9.17) is 4.74 Å². The highest BCUT2D eigenvalue weighted by atomic mass is 16.5. The van der Waals surface area contributed by atoms with Crippen LogP contribution in [-0.4, -0.2) is 25.5 Å². The highest BCUT2D eigenvalue weighted by Gasteiger charge is 2.35. The second-order valence-electron chi connectivity index (χ2n) is 8.31. The van der Waals surface area contributed by atoms with Crippen molar-refractivity contribution in [3.05, 3.63) is 59.2 Å². The SMILES string of the molecule is CCC(NC(=O)C1CC(=O)N(c2ccc(OC)cc2)C1)c1ccc2c(c1)CCCC2. The lowest BCUT2D eigenvalue weighted by molar-refractivity contribution is -0.127. The van der Waals surface area contributed by atoms with Gasteiger partial charge in [-0.3, -0.25) is 9.59 Å². The predicted octanol–water partition coefficient (Wildman–Crippen LogP) is 4.19. The topological polar surface area (TPSA) is 58.6 Å². The third-order valence-corrected chi connectivity index (χ3v) is 6.38. The van der Waals surface area contributed by atoms with Crippen molar-refractivity contribution < 1.29 is 14.3 Å². The first-order chi connectivity index (χ1) is 14.6. The van der Waals surface area contributed by atoms with Crippen LogP contribution in [0.5, 0.6) is 5.75 Å². The minimum atomic E-state index is -0.328. The number of ether oxygens (including phenoxy) is 1. The zero-order chi connectivity index (χ0) is 21.1. The lowest BCUT2D eigenvalue weighted by Gasteiger charge is -2.23. The van der Waals surface area contributed by atoms with E-state index in [0.29, 0.717) is 6.54 Å². The van der Waals surface area contributed by atoms with Crippen molar-refractivity contribution in [2.75, 3.05) is 18.6 Å². The summed E-state index contributed by atoms with van der Waals surface area (Å²) in [4.78, 5) is 27.2. The van der Waals surface area contributed by atoms with Gasteiger partial charge in [-0.25, -0.2) is 0 Å². The van der Waals surface area contributed by atoms with Crippen molar-refractivity contribution in [2.24, 2.45) is 5.92 Å². The molecule has 1 fully saturated rings. The number of methoxy groups -OCH3 is 1. The van der Waals surface area contributed by atoms with Gasteiger partial charge in [0.05, 0.1) is 19.1 Å². The van der Waals surface area contributed by atoms with Crippen LogP contribution >= 0.6 is 0 Å². The Hall–Kier alpha value is -2.82. The molecule has 30 heavy (non-hydrogen) atoms. The van der Waals surface area contributed by atoms with Gasteiger partial charge in [0.1, 0.15) is 5.75 Å². The molecule has 1 aliphatic heterocycles. The highest BCUT2D eigenvalue weighted by Crippen LogP contribution is 2.29. The van der Waals surface area contributed by atoms with Crippen molar-refractivity contribution >= 4 is 17.5 Å². The summed E-state index contributed by atoms with van der Waals surface area (Å²) < 4.78 is 5.18. The van der Waals surface area contributed by atoms with Gasteiger partial charge < -0.3 is 15.0 Å². The number of rotatable bonds is 6. The summed E-state index contributed by atoms with van der Waals surface area (Å²) in [6.07, 6.45) is 5.86. The molecule has 0 aromatic heterocycles. The molecular formula is C25H30N2O3. The Morgan fingerprint density at radius 3 is 2.57 bits per heavy atom. The molecule has 4 rings (SSSR count). The standard InChI is InChI=1S/C25H30N2O3/c1-3-23(19-9-8-17-6-4-5-7-18(17)14-19)26-25(29)20-15-24(28)27(16-20)21-10-12-22(30-2)13-11-21/h8-14,20,23H,3-7,15-16H2,1-2H3,(H,26,29). The molecule has 2 aromatic rings. The molecule has 2 unspecified atom stereocenters. The second kappa shape index (κ2) is 8.90. The van der Waals surface area contributed by atoms with Gasteiger partial charge in [-0.1, -0.05) is 25.1 Å². The first-order valence-electron chi connectivity index (χ1n) is 11.0. The lowest BCUT2D eigenvalue weighted by atomic mass is 9.88. The number of carbonyl (C=O) groups is 2. The van der Waals surface area contributed by atoms with E-state index in [0.717, 1.165) is 30.7 Å². The number of benzene rings is 2. The van der Waals surface area contributed by atoms with Gasteiger partial charge in [0.25, 0.3) is 0 Å². The number of fused-ring (bicyclic) bond motifs is 1. The summed E-state index contributed by atoms with van der Waals surface area (Å²) in [6, 6.07) is 14.0. The monoisotopic (exact) mass is 406 g/mol. The molecule has 1 heterocycles. The fraction of sp³-hybridized carbons (Fsp3) is 0.440. The van der Waals surface area contributed by atoms with E-state index in [1.165, 1.54) is 29.5 Å². The van der Waals surface area contributed by atoms with Crippen LogP contribution in [0.15, 0.2) is 42.5 Å². The molecule has 0 radical (unpaired) electrons. The molecule has 5 heteroatoms. The van der Waals surface area contributed by atoms with Crippen LogP contribution in [0.4, 0.5) is 5.69 Å². The Morgan fingerprint density at radius 2 is 1.87 bits per heavy atom. The summed E-state index contributed by atoms with van der Waals surface area (Å²) in [5.41, 5.74) is 4.84. The largest absolute Gasteiger partial charge is 0.497 e. The van der Waals surface area contributed by atoms with Gasteiger partial charge >= 0.3 is 0 Å². The van der Waals surface area contributed by atoms with E-state index in [1.807, 2.05) is 24.3 Å². The van der Waals surface area contributed by atoms with Crippen molar-refractivity contribution in [3.63, 3.8) is 0 Å². The molecule has 2 aromatic carbocycles. The molecule has 2 amide bonds. The lowest BCUT2D eigenvalue weighted by Crippen LogP contribution is -2.35. The van der Waals surface area contributed by atoms with Gasteiger partial charge in [0.15, 0.2) is 0 Å². The van der Waals surface area contributed by atoms with Gasteiger partial charge in [-0.15, -0.1) is 0 Å². The molecule has 158 valence electrons. The average molecular weight is 407 g/mol. The molecule has 2 atom stereocenters. The van der Waals surface area contributed by atoms with Crippen molar-refractivity contribution in [1.82, 2.24) is 5.32 Å². The Kier molecular flexibility index (Phi) is 6.07. The summed E-state index contributed by atoms with van der Waals surface area (Å²) in [7, 11) is 1.61. The number of amides is 2. The van der Waals surface area contributed by atoms with Gasteiger partial charge in [0, 0.05) is 18.7 Å². The minimum absolute atomic E-state index is 0.0119. The molecule has 1 aliphatic carbocycles. The zero-order valence-electron chi connectivity index (χ0n) is 17.8. The van der Waals surface area contributed by atoms with Crippen molar-refractivity contribution in [3.8, 4) is 5.75 Å². The minimum Gasteiger partial charge on any atom is -0.497 e. The Balaban J connectivity index is 1.43. The number of aryl methyl sites for hydroxylation is 2. The number of nitrogens with one attached hydrogen (secondary N) is 1. The maximum absolute atomic E-state index is 13.0. The third-order valence-electron chi connectivity index (χ3n) is 6.38. The van der Waals surface area contributed by atoms with Crippen LogP contribution in [0, 0.1) is 5.92 Å². The Bertz CT molecular complexity index is 922. The first kappa shape index (κ1) is 20.5. The van der Waals surface area contributed by atoms with E-state index >= 15 is 0 Å². The van der Waals surface area contributed by atoms with Crippen LogP contribution in [0.25, 0.3) is 0 Å². The first-order valence-corrected chi connectivity index (χ1v) is 11.0. The molecule has 2 aliphatic rings. The zero-order valence-corrected chi connectivity index (χ0v) is 17.8. The molecular weight excluding hydrogens is 376 g/mol. The number of nitrogens with zero attached hydrogens (tertiary/aromatic N) is 1. The van der Waals surface area contributed by atoms with E-state index in [9.17, 15) is 9.59 Å². The number of hydrogen-bond donors (Lipinski definition) is 1. The summed E-state index contributed by atoms with van der Waals surface area (Å²) in [5, 5.41) is 3.20. The van der Waals surface area contributed by atoms with Crippen LogP contribution in [-0.2, 0) is 22.4 Å². The van der Waals surface area contributed by atoms with E-state index in [2.05, 4.69) is 30.4 Å². The smallest absolute Gasteiger partial charge is 0.227 e. The van der Waals surface area contributed by atoms with Crippen LogP contribution in [0.3, 0.4) is 0 Å². The maximum Gasteiger partial charge on any atom is 0.227 e. The number of anilines is 1. The van der Waals surface area contributed by atoms with Crippen LogP contribution < -0.4 is 15.0 Å². The fourth-order valence-electron chi connectivity index (χ4n) is 4.58. The summed E-state index contributed by atoms with van der Waals surface area (Å²) in [6.45, 7) is 2.51. The maximum atomic E-state index is 13.0. The van der Waals surface area contributed by atoms with Crippen molar-refractivity contribution in [2.45, 2.75) is 51.5 Å². The highest BCUT2D eigenvalue weighted by molar-refractivity contribution is 6.00. The average Bonchev–Trinajstić information content (AvgIpc) is 3.18. The van der Waals surface area contributed by atoms with Crippen LogP contribution in [0.2, 0.25) is 0 Å². The van der Waals surface area contributed by atoms with Gasteiger partial charge in [-0.05, 0) is 73.1 Å². The van der Waals surface area contributed by atoms with E-state index in [-0.39, 0.29) is 30.2 Å². The van der Waals surface area contributed by atoms with Gasteiger partial charge in [-0.2, -0.15) is 0 Å². The molecule has 0 bridgehead atoms. The predicted molar refractivity (Wildman–Crippen MR) is 118 cm³/mol. The van der Waals surface area contributed by atoms with Crippen LogP contribution in [0.1, 0.15) is 55.3 Å². The fourth-order valence-corrected chi connectivity index (χ4v) is 4.58. The summed E-state index contributed by atoms with van der Waals surface area (Å²) >= 11 is 0. The second-order valence-corrected chi connectivity index (χ2v) is 8.31. The van der Waals surface area contributed by atoms with Gasteiger partial charge in [0.2, 0.25) is 11.8 Å². The third kappa shape index (κ3) is 4.20. The quantitative estimate of drug-likeness (QED) is 0.782. The molecule has 1 saturated heterocycles. The molecule has 5 nitrogen and oxygen atoms in total.